The van der Waals surface area contributed by atoms with Gasteiger partial charge in [-0.2, -0.15) is 0 Å². The number of methoxy groups -OCH3 is 1. The van der Waals surface area contributed by atoms with Crippen molar-refractivity contribution in [2.45, 2.75) is 6.92 Å². The molecule has 0 saturated heterocycles. The summed E-state index contributed by atoms with van der Waals surface area (Å²) >= 11 is 5.12. The second kappa shape index (κ2) is 7.51. The quantitative estimate of drug-likeness (QED) is 0.667. The van der Waals surface area contributed by atoms with Crippen LogP contribution in [0.3, 0.4) is 0 Å². The topological polar surface area (TPSA) is 67.4 Å². The van der Waals surface area contributed by atoms with Gasteiger partial charge in [-0.15, -0.1) is 0 Å². The van der Waals surface area contributed by atoms with Crippen LogP contribution in [0.25, 0.3) is 0 Å². The molecule has 0 heterocycles. The van der Waals surface area contributed by atoms with Gasteiger partial charge in [-0.25, -0.2) is 0 Å². The van der Waals surface area contributed by atoms with E-state index in [0.717, 1.165) is 0 Å². The Bertz CT molecular complexity index is 759. The molecule has 118 valence electrons. The van der Waals surface area contributed by atoms with Crippen molar-refractivity contribution in [1.82, 2.24) is 5.32 Å². The molecule has 23 heavy (non-hydrogen) atoms. The van der Waals surface area contributed by atoms with E-state index >= 15 is 0 Å². The zero-order valence-electron chi connectivity index (χ0n) is 12.8. The van der Waals surface area contributed by atoms with E-state index in [1.807, 2.05) is 0 Å². The Morgan fingerprint density at radius 3 is 2.43 bits per heavy atom. The highest BCUT2D eigenvalue weighted by molar-refractivity contribution is 7.80. The maximum atomic E-state index is 12.1. The normalized spacial score (nSPS) is 9.83. The van der Waals surface area contributed by atoms with E-state index in [2.05, 4.69) is 10.6 Å². The van der Waals surface area contributed by atoms with Gasteiger partial charge in [0.2, 0.25) is 0 Å². The number of ether oxygens (including phenoxy) is 1. The van der Waals surface area contributed by atoms with Gasteiger partial charge in [-0.3, -0.25) is 14.9 Å². The van der Waals surface area contributed by atoms with Crippen LogP contribution in [-0.4, -0.2) is 23.9 Å². The van der Waals surface area contributed by atoms with E-state index < -0.39 is 0 Å². The summed E-state index contributed by atoms with van der Waals surface area (Å²) in [6.07, 6.45) is 0. The highest BCUT2D eigenvalue weighted by Gasteiger charge is 2.09. The van der Waals surface area contributed by atoms with Crippen LogP contribution in [0.15, 0.2) is 48.5 Å². The maximum Gasteiger partial charge on any atom is 0.257 e. The molecular weight excluding hydrogens is 312 g/mol. The molecule has 0 aliphatic carbocycles. The molecule has 0 radical (unpaired) electrons. The number of benzene rings is 2. The number of amides is 1. The number of nitrogens with one attached hydrogen (secondary N) is 2. The Morgan fingerprint density at radius 2 is 1.74 bits per heavy atom. The molecule has 2 rings (SSSR count). The van der Waals surface area contributed by atoms with Crippen molar-refractivity contribution in [2.75, 3.05) is 12.4 Å². The van der Waals surface area contributed by atoms with Crippen LogP contribution in [-0.2, 0) is 0 Å². The van der Waals surface area contributed by atoms with Crippen molar-refractivity contribution in [3.05, 3.63) is 59.7 Å². The van der Waals surface area contributed by atoms with Crippen molar-refractivity contribution in [1.29, 1.82) is 0 Å². The van der Waals surface area contributed by atoms with Crippen molar-refractivity contribution in [2.24, 2.45) is 0 Å². The number of hydrogen-bond acceptors (Lipinski definition) is 4. The summed E-state index contributed by atoms with van der Waals surface area (Å²) in [5.41, 5.74) is 1.64. The van der Waals surface area contributed by atoms with E-state index in [9.17, 15) is 9.59 Å². The minimum Gasteiger partial charge on any atom is -0.497 e. The fourth-order valence-electron chi connectivity index (χ4n) is 1.92. The van der Waals surface area contributed by atoms with E-state index in [1.54, 1.807) is 48.5 Å². The molecule has 2 aromatic carbocycles. The number of Topliss-reactive ketones (excluding diaryl/α,β-unsaturated/α-hetero) is 1. The highest BCUT2D eigenvalue weighted by Crippen LogP contribution is 2.13. The Balaban J connectivity index is 2.02. The zero-order valence-corrected chi connectivity index (χ0v) is 13.6. The molecule has 0 aliphatic rings. The van der Waals surface area contributed by atoms with Crippen LogP contribution in [0.5, 0.6) is 5.75 Å². The third kappa shape index (κ3) is 4.62. The summed E-state index contributed by atoms with van der Waals surface area (Å²) in [6, 6.07) is 13.6. The Hall–Kier alpha value is -2.73. The van der Waals surface area contributed by atoms with Crippen molar-refractivity contribution < 1.29 is 14.3 Å². The third-order valence-corrected chi connectivity index (χ3v) is 3.29. The smallest absolute Gasteiger partial charge is 0.257 e. The van der Waals surface area contributed by atoms with Crippen LogP contribution in [0.2, 0.25) is 0 Å². The first-order valence-electron chi connectivity index (χ1n) is 6.87. The number of thiocarbonyl (C=S) groups is 1. The molecule has 6 heteroatoms. The average molecular weight is 328 g/mol. The number of anilines is 1. The average Bonchev–Trinajstić information content (AvgIpc) is 2.55. The molecule has 1 amide bonds. The lowest BCUT2D eigenvalue weighted by atomic mass is 10.1. The Kier molecular flexibility index (Phi) is 5.43. The van der Waals surface area contributed by atoms with Gasteiger partial charge in [0.1, 0.15) is 5.75 Å². The number of hydrogen-bond donors (Lipinski definition) is 2. The first kappa shape index (κ1) is 16.6. The first-order chi connectivity index (χ1) is 11.0. The molecule has 2 aromatic rings. The minimum atomic E-state index is -0.343. The van der Waals surface area contributed by atoms with Gasteiger partial charge in [0, 0.05) is 16.8 Å². The van der Waals surface area contributed by atoms with E-state index in [4.69, 9.17) is 17.0 Å². The predicted octanol–water partition coefficient (Wildman–Crippen LogP) is 3.02. The number of rotatable bonds is 4. The van der Waals surface area contributed by atoms with Gasteiger partial charge in [-0.05, 0) is 49.5 Å². The summed E-state index contributed by atoms with van der Waals surface area (Å²) < 4.78 is 5.08. The van der Waals surface area contributed by atoms with Gasteiger partial charge < -0.3 is 10.1 Å². The summed E-state index contributed by atoms with van der Waals surface area (Å²) in [4.78, 5) is 23.5. The number of ketones is 1. The number of carbonyl (C=O) groups excluding carboxylic acids is 2. The molecule has 0 unspecified atom stereocenters. The van der Waals surface area contributed by atoms with Crippen molar-refractivity contribution >= 4 is 34.7 Å². The van der Waals surface area contributed by atoms with Crippen LogP contribution >= 0.6 is 12.2 Å². The van der Waals surface area contributed by atoms with Crippen LogP contribution in [0.1, 0.15) is 27.6 Å². The lowest BCUT2D eigenvalue weighted by Crippen LogP contribution is -2.34. The lowest BCUT2D eigenvalue weighted by molar-refractivity contribution is 0.0975. The van der Waals surface area contributed by atoms with Crippen molar-refractivity contribution in [3.63, 3.8) is 0 Å². The van der Waals surface area contributed by atoms with E-state index in [1.165, 1.54) is 14.0 Å². The van der Waals surface area contributed by atoms with Gasteiger partial charge in [0.05, 0.1) is 7.11 Å². The summed E-state index contributed by atoms with van der Waals surface area (Å²) in [5, 5.41) is 5.62. The molecule has 0 spiro atoms. The lowest BCUT2D eigenvalue weighted by Gasteiger charge is -2.10. The highest BCUT2D eigenvalue weighted by atomic mass is 32.1. The minimum absolute atomic E-state index is 0.0417. The first-order valence-corrected chi connectivity index (χ1v) is 7.28. The summed E-state index contributed by atoms with van der Waals surface area (Å²) in [7, 11) is 1.53. The van der Waals surface area contributed by atoms with Gasteiger partial charge in [0.15, 0.2) is 10.9 Å². The van der Waals surface area contributed by atoms with E-state index in [-0.39, 0.29) is 16.8 Å². The van der Waals surface area contributed by atoms with E-state index in [0.29, 0.717) is 22.6 Å². The van der Waals surface area contributed by atoms with Crippen LogP contribution in [0.4, 0.5) is 5.69 Å². The molecule has 0 bridgehead atoms. The van der Waals surface area contributed by atoms with Gasteiger partial charge in [-0.1, -0.05) is 18.2 Å². The monoisotopic (exact) mass is 328 g/mol. The second-order valence-corrected chi connectivity index (χ2v) is 5.19. The maximum absolute atomic E-state index is 12.1. The largest absolute Gasteiger partial charge is 0.497 e. The van der Waals surface area contributed by atoms with Gasteiger partial charge >= 0.3 is 0 Å². The molecule has 5 nitrogen and oxygen atoms in total. The summed E-state index contributed by atoms with van der Waals surface area (Å²) in [5.74, 6) is 0.204. The standard InChI is InChI=1S/C17H16N2O3S/c1-11(20)12-5-3-7-14(9-12)18-17(23)19-16(21)13-6-4-8-15(10-13)22-2/h3-10H,1-2H3,(H2,18,19,21,23). The van der Waals surface area contributed by atoms with Crippen LogP contribution < -0.4 is 15.4 Å². The number of carbonyl (C=O) groups is 2. The zero-order chi connectivity index (χ0) is 16.8. The second-order valence-electron chi connectivity index (χ2n) is 4.78. The summed E-state index contributed by atoms with van der Waals surface area (Å²) in [6.45, 7) is 1.49. The Morgan fingerprint density at radius 1 is 1.04 bits per heavy atom. The van der Waals surface area contributed by atoms with Gasteiger partial charge in [0.25, 0.3) is 5.91 Å². The molecule has 0 fully saturated rings. The fourth-order valence-corrected chi connectivity index (χ4v) is 2.13. The predicted molar refractivity (Wildman–Crippen MR) is 93.1 cm³/mol. The molecule has 0 aromatic heterocycles. The third-order valence-electron chi connectivity index (χ3n) is 3.09. The fraction of sp³-hybridized carbons (Fsp3) is 0.118. The molecule has 0 atom stereocenters. The molecule has 0 aliphatic heterocycles. The SMILES string of the molecule is COc1cccc(C(=O)NC(=S)Nc2cccc(C(C)=O)c2)c1. The molecule has 2 N–H and O–H groups in total. The van der Waals surface area contributed by atoms with Crippen LogP contribution in [0, 0.1) is 0 Å². The molecular formula is C17H16N2O3S. The van der Waals surface area contributed by atoms with Crippen molar-refractivity contribution in [3.8, 4) is 5.75 Å². The Labute approximate surface area is 139 Å². The molecule has 0 saturated carbocycles.